The highest BCUT2D eigenvalue weighted by Crippen LogP contribution is 2.55. The van der Waals surface area contributed by atoms with Crippen LogP contribution in [0, 0.1) is 24.7 Å². The van der Waals surface area contributed by atoms with Crippen molar-refractivity contribution in [2.75, 3.05) is 25.6 Å². The molecule has 0 aromatic heterocycles. The van der Waals surface area contributed by atoms with Gasteiger partial charge in [0.25, 0.3) is 5.91 Å². The molecular weight excluding hydrogens is 620 g/mol. The molecule has 5 rings (SSSR count). The van der Waals surface area contributed by atoms with Crippen molar-refractivity contribution in [3.8, 4) is 11.5 Å². The van der Waals surface area contributed by atoms with Gasteiger partial charge in [-0.15, -0.1) is 0 Å². The van der Waals surface area contributed by atoms with Crippen molar-refractivity contribution >= 4 is 39.1 Å². The van der Waals surface area contributed by atoms with E-state index in [4.69, 9.17) is 9.47 Å². The molecule has 0 radical (unpaired) electrons. The number of Topliss-reactive ketones (excluding diaryl/α,β-unsaturated/α-hetero) is 2. The van der Waals surface area contributed by atoms with E-state index in [1.54, 1.807) is 7.11 Å². The summed E-state index contributed by atoms with van der Waals surface area (Å²) in [6.07, 6.45) is 2.38. The summed E-state index contributed by atoms with van der Waals surface area (Å²) in [5, 5.41) is 2.88. The van der Waals surface area contributed by atoms with Gasteiger partial charge in [-0.3, -0.25) is 14.4 Å². The first-order chi connectivity index (χ1) is 20.6. The van der Waals surface area contributed by atoms with E-state index in [1.165, 1.54) is 0 Å². The smallest absolute Gasteiger partial charge is 0.262 e. The van der Waals surface area contributed by atoms with Crippen LogP contribution in [0.4, 0.5) is 5.69 Å². The normalized spacial score (nSPS) is 19.5. The molecule has 0 saturated carbocycles. The van der Waals surface area contributed by atoms with E-state index in [0.717, 1.165) is 40.9 Å². The number of allylic oxidation sites excluding steroid dienone is 4. The Morgan fingerprint density at radius 1 is 0.932 bits per heavy atom. The SMILES string of the molecule is CCN1C2=C(C(=O)CC(C)(C)C2)C(c2cc(Br)c(OCC(=O)Nc3ccc(C)c(C)c3)c(OC)c2)C2=C1CC(C)(C)CC2=O. The number of ketones is 2. The van der Waals surface area contributed by atoms with Crippen LogP contribution in [0.25, 0.3) is 0 Å². The summed E-state index contributed by atoms with van der Waals surface area (Å²) in [4.78, 5) is 42.9. The van der Waals surface area contributed by atoms with Crippen LogP contribution in [0.1, 0.15) is 82.9 Å². The minimum absolute atomic E-state index is 0.0855. The Labute approximate surface area is 269 Å². The molecule has 0 fully saturated rings. The highest BCUT2D eigenvalue weighted by molar-refractivity contribution is 9.10. The Kier molecular flexibility index (Phi) is 8.62. The molecule has 2 aromatic rings. The Hall–Kier alpha value is -3.39. The Balaban J connectivity index is 1.53. The second-order valence-electron chi connectivity index (χ2n) is 13.9. The van der Waals surface area contributed by atoms with Crippen LogP contribution in [0.2, 0.25) is 0 Å². The average molecular weight is 664 g/mol. The van der Waals surface area contributed by atoms with Crippen molar-refractivity contribution in [1.29, 1.82) is 0 Å². The van der Waals surface area contributed by atoms with Crippen molar-refractivity contribution in [1.82, 2.24) is 4.90 Å². The standard InChI is InChI=1S/C36H43BrN2O5/c1-9-39-25-15-35(4,5)17-27(40)32(25)31(33-26(39)16-36(6,7)18-28(33)41)22-13-24(37)34(29(14-22)43-8)44-19-30(42)38-23-11-10-20(2)21(3)12-23/h10-14,31H,9,15-19H2,1-8H3,(H,38,42). The zero-order valence-corrected chi connectivity index (χ0v) is 28.7. The zero-order chi connectivity index (χ0) is 32.1. The van der Waals surface area contributed by atoms with Gasteiger partial charge in [0.1, 0.15) is 0 Å². The molecule has 0 saturated heterocycles. The van der Waals surface area contributed by atoms with Crippen molar-refractivity contribution < 1.29 is 23.9 Å². The van der Waals surface area contributed by atoms with Gasteiger partial charge in [-0.1, -0.05) is 33.8 Å². The summed E-state index contributed by atoms with van der Waals surface area (Å²) in [6.45, 7) is 15.1. The number of halogens is 1. The summed E-state index contributed by atoms with van der Waals surface area (Å²) in [6, 6.07) is 9.51. The third kappa shape index (κ3) is 6.10. The van der Waals surface area contributed by atoms with Crippen molar-refractivity contribution in [2.45, 2.75) is 80.1 Å². The number of amides is 1. The van der Waals surface area contributed by atoms with Gasteiger partial charge in [-0.25, -0.2) is 0 Å². The van der Waals surface area contributed by atoms with E-state index in [-0.39, 0.29) is 34.9 Å². The van der Waals surface area contributed by atoms with Gasteiger partial charge in [0.05, 0.1) is 11.6 Å². The minimum atomic E-state index is -0.498. The molecule has 0 atom stereocenters. The van der Waals surface area contributed by atoms with Gasteiger partial charge in [-0.05, 0) is 101 Å². The fraction of sp³-hybridized carbons (Fsp3) is 0.472. The number of methoxy groups -OCH3 is 1. The number of carbonyl (C=O) groups is 3. The van der Waals surface area contributed by atoms with E-state index < -0.39 is 5.92 Å². The molecule has 0 bridgehead atoms. The molecular formula is C36H43BrN2O5. The number of nitrogens with zero attached hydrogens (tertiary/aromatic N) is 1. The second-order valence-corrected chi connectivity index (χ2v) is 14.8. The number of carbonyl (C=O) groups excluding carboxylic acids is 3. The minimum Gasteiger partial charge on any atom is -0.493 e. The lowest BCUT2D eigenvalue weighted by atomic mass is 9.63. The van der Waals surface area contributed by atoms with Gasteiger partial charge in [0.15, 0.2) is 29.7 Å². The fourth-order valence-corrected chi connectivity index (χ4v) is 7.54. The average Bonchev–Trinajstić information content (AvgIpc) is 2.91. The molecule has 1 N–H and O–H groups in total. The van der Waals surface area contributed by atoms with E-state index in [2.05, 4.69) is 60.8 Å². The molecule has 2 aromatic carbocycles. The second kappa shape index (κ2) is 11.8. The maximum absolute atomic E-state index is 13.9. The van der Waals surface area contributed by atoms with Crippen molar-refractivity contribution in [3.63, 3.8) is 0 Å². The van der Waals surface area contributed by atoms with E-state index in [9.17, 15) is 14.4 Å². The van der Waals surface area contributed by atoms with Crippen LogP contribution in [0.5, 0.6) is 11.5 Å². The first-order valence-electron chi connectivity index (χ1n) is 15.3. The number of aryl methyl sites for hydroxylation is 2. The zero-order valence-electron chi connectivity index (χ0n) is 27.1. The summed E-state index contributed by atoms with van der Waals surface area (Å²) >= 11 is 3.66. The summed E-state index contributed by atoms with van der Waals surface area (Å²) in [5.74, 6) is 0.177. The van der Waals surface area contributed by atoms with Crippen LogP contribution in [-0.4, -0.2) is 42.6 Å². The molecule has 0 unspecified atom stereocenters. The van der Waals surface area contributed by atoms with E-state index in [0.29, 0.717) is 52.2 Å². The third-order valence-corrected chi connectivity index (χ3v) is 9.65. The lowest BCUT2D eigenvalue weighted by Gasteiger charge is -2.49. The van der Waals surface area contributed by atoms with Gasteiger partial charge in [0.2, 0.25) is 0 Å². The van der Waals surface area contributed by atoms with Gasteiger partial charge in [0, 0.05) is 53.5 Å². The monoisotopic (exact) mass is 662 g/mol. The van der Waals surface area contributed by atoms with Gasteiger partial charge < -0.3 is 19.7 Å². The topological polar surface area (TPSA) is 84.9 Å². The van der Waals surface area contributed by atoms with Gasteiger partial charge in [-0.2, -0.15) is 0 Å². The molecule has 7 nitrogen and oxygen atoms in total. The number of nitrogens with one attached hydrogen (secondary N) is 1. The quantitative estimate of drug-likeness (QED) is 0.326. The van der Waals surface area contributed by atoms with E-state index in [1.807, 2.05) is 44.2 Å². The number of hydrogen-bond acceptors (Lipinski definition) is 6. The lowest BCUT2D eigenvalue weighted by molar-refractivity contribution is -0.120. The third-order valence-electron chi connectivity index (χ3n) is 9.06. The highest BCUT2D eigenvalue weighted by Gasteiger charge is 2.48. The van der Waals surface area contributed by atoms with Crippen LogP contribution in [0.15, 0.2) is 57.3 Å². The first kappa shape index (κ1) is 32.0. The predicted molar refractivity (Wildman–Crippen MR) is 176 cm³/mol. The molecule has 3 aliphatic rings. The highest BCUT2D eigenvalue weighted by atomic mass is 79.9. The Morgan fingerprint density at radius 3 is 2.05 bits per heavy atom. The summed E-state index contributed by atoms with van der Waals surface area (Å²) in [7, 11) is 1.55. The van der Waals surface area contributed by atoms with Crippen LogP contribution < -0.4 is 14.8 Å². The number of anilines is 1. The molecule has 2 aliphatic carbocycles. The molecule has 0 spiro atoms. The first-order valence-corrected chi connectivity index (χ1v) is 16.1. The molecule has 1 aliphatic heterocycles. The fourth-order valence-electron chi connectivity index (χ4n) is 6.96. The number of ether oxygens (including phenoxy) is 2. The summed E-state index contributed by atoms with van der Waals surface area (Å²) < 4.78 is 12.3. The maximum atomic E-state index is 13.9. The number of benzene rings is 2. The Bertz CT molecular complexity index is 1560. The molecule has 44 heavy (non-hydrogen) atoms. The van der Waals surface area contributed by atoms with Gasteiger partial charge >= 0.3 is 0 Å². The lowest BCUT2D eigenvalue weighted by Crippen LogP contribution is -2.44. The van der Waals surface area contributed by atoms with E-state index >= 15 is 0 Å². The van der Waals surface area contributed by atoms with Crippen molar-refractivity contribution in [2.24, 2.45) is 10.8 Å². The molecule has 1 heterocycles. The Morgan fingerprint density at radius 2 is 1.52 bits per heavy atom. The van der Waals surface area contributed by atoms with Crippen molar-refractivity contribution in [3.05, 3.63) is 74.0 Å². The molecule has 234 valence electrons. The molecule has 8 heteroatoms. The number of rotatable bonds is 7. The van der Waals surface area contributed by atoms with Crippen LogP contribution >= 0.6 is 15.9 Å². The number of hydrogen-bond donors (Lipinski definition) is 1. The maximum Gasteiger partial charge on any atom is 0.262 e. The largest absolute Gasteiger partial charge is 0.493 e. The summed E-state index contributed by atoms with van der Waals surface area (Å²) in [5.41, 5.74) is 6.88. The van der Waals surface area contributed by atoms with Crippen LogP contribution in [0.3, 0.4) is 0 Å². The van der Waals surface area contributed by atoms with Crippen LogP contribution in [-0.2, 0) is 14.4 Å². The molecule has 1 amide bonds. The predicted octanol–water partition coefficient (Wildman–Crippen LogP) is 7.80.